The number of likely N-dealkylation sites (N-methyl/N-ethyl adjacent to an activating group) is 1. The van der Waals surface area contributed by atoms with Crippen molar-refractivity contribution in [3.63, 3.8) is 0 Å². The fourth-order valence-corrected chi connectivity index (χ4v) is 5.22. The number of carbonyl (C=O) groups is 3. The Morgan fingerprint density at radius 1 is 0.976 bits per heavy atom. The van der Waals surface area contributed by atoms with Crippen molar-refractivity contribution in [3.05, 3.63) is 131 Å². The van der Waals surface area contributed by atoms with Crippen molar-refractivity contribution in [2.75, 3.05) is 13.6 Å². The predicted octanol–water partition coefficient (Wildman–Crippen LogP) is 4.92. The van der Waals surface area contributed by atoms with E-state index in [0.29, 0.717) is 39.7 Å². The molecule has 2 aliphatic rings. The van der Waals surface area contributed by atoms with Crippen LogP contribution >= 0.6 is 0 Å². The number of carbonyl (C=O) groups excluding carboxylic acids is 3. The highest BCUT2D eigenvalue weighted by Crippen LogP contribution is 2.40. The van der Waals surface area contributed by atoms with E-state index in [0.717, 1.165) is 0 Å². The molecule has 0 radical (unpaired) electrons. The van der Waals surface area contributed by atoms with Crippen LogP contribution in [0, 0.1) is 0 Å². The molecule has 1 aromatic heterocycles. The average molecular weight is 549 g/mol. The number of furan rings is 1. The summed E-state index contributed by atoms with van der Waals surface area (Å²) in [6.07, 6.45) is 1.54. The Hall–Kier alpha value is -5.31. The van der Waals surface area contributed by atoms with Crippen molar-refractivity contribution in [1.29, 1.82) is 0 Å². The molecule has 6 rings (SSSR count). The summed E-state index contributed by atoms with van der Waals surface area (Å²) in [5, 5.41) is 5.86. The molecule has 0 bridgehead atoms. The van der Waals surface area contributed by atoms with Gasteiger partial charge in [0.05, 0.1) is 36.7 Å². The maximum Gasteiger partial charge on any atom is 0.322 e. The minimum absolute atomic E-state index is 0.0997. The molecule has 0 unspecified atom stereocenters. The van der Waals surface area contributed by atoms with Gasteiger partial charge in [0.1, 0.15) is 23.3 Å². The molecule has 0 saturated heterocycles. The highest BCUT2D eigenvalue weighted by Gasteiger charge is 2.46. The summed E-state index contributed by atoms with van der Waals surface area (Å²) in [6.45, 7) is 0.281. The lowest BCUT2D eigenvalue weighted by atomic mass is 9.95. The average Bonchev–Trinajstić information content (AvgIpc) is 3.64. The second-order valence-corrected chi connectivity index (χ2v) is 9.83. The standard InChI is InChI=1S/C32H28N4O5/c1-35-26-20-36(29(21-10-4-2-5-11-21)30(37)33-19-25-16-9-17-40-25)31(38)27(26)28(34-32(35)39)22-12-8-15-24(18-22)41-23-13-6-3-7-14-23/h2-18,28-29H,19-20H2,1H3,(H,33,37)(H,34,39)/t28-,29-/m1/s1. The monoisotopic (exact) mass is 548 g/mol. The Morgan fingerprint density at radius 3 is 2.44 bits per heavy atom. The molecule has 2 atom stereocenters. The number of nitrogens with zero attached hydrogens (tertiary/aromatic N) is 2. The number of urea groups is 1. The van der Waals surface area contributed by atoms with E-state index in [2.05, 4.69) is 10.6 Å². The van der Waals surface area contributed by atoms with Crippen LogP contribution in [-0.2, 0) is 16.1 Å². The molecule has 0 saturated carbocycles. The quantitative estimate of drug-likeness (QED) is 0.325. The molecular weight excluding hydrogens is 520 g/mol. The Balaban J connectivity index is 1.32. The minimum atomic E-state index is -0.916. The van der Waals surface area contributed by atoms with Crippen LogP contribution in [-0.4, -0.2) is 41.2 Å². The molecular formula is C32H28N4O5. The molecule has 0 aliphatic carbocycles. The Bertz CT molecular complexity index is 1600. The smallest absolute Gasteiger partial charge is 0.322 e. The molecule has 0 spiro atoms. The van der Waals surface area contributed by atoms with Gasteiger partial charge < -0.3 is 24.7 Å². The van der Waals surface area contributed by atoms with Gasteiger partial charge in [0, 0.05) is 7.05 Å². The van der Waals surface area contributed by atoms with Gasteiger partial charge in [0.15, 0.2) is 0 Å². The first kappa shape index (κ1) is 25.9. The number of ether oxygens (including phenoxy) is 1. The topological polar surface area (TPSA) is 104 Å². The highest BCUT2D eigenvalue weighted by atomic mass is 16.5. The maximum absolute atomic E-state index is 14.2. The van der Waals surface area contributed by atoms with Gasteiger partial charge in [-0.15, -0.1) is 0 Å². The van der Waals surface area contributed by atoms with Crippen molar-refractivity contribution in [2.24, 2.45) is 0 Å². The summed E-state index contributed by atoms with van der Waals surface area (Å²) in [5.41, 5.74) is 2.33. The lowest BCUT2D eigenvalue weighted by Gasteiger charge is -2.31. The largest absolute Gasteiger partial charge is 0.467 e. The van der Waals surface area contributed by atoms with Crippen LogP contribution in [0.1, 0.15) is 29.0 Å². The van der Waals surface area contributed by atoms with Crippen LogP contribution < -0.4 is 15.4 Å². The summed E-state index contributed by atoms with van der Waals surface area (Å²) in [5.74, 6) is 1.17. The van der Waals surface area contributed by atoms with Gasteiger partial charge >= 0.3 is 6.03 Å². The highest BCUT2D eigenvalue weighted by molar-refractivity contribution is 6.03. The van der Waals surface area contributed by atoms with Gasteiger partial charge in [0.2, 0.25) is 5.91 Å². The van der Waals surface area contributed by atoms with Gasteiger partial charge in [-0.1, -0.05) is 60.7 Å². The third kappa shape index (κ3) is 5.17. The zero-order valence-electron chi connectivity index (χ0n) is 22.3. The van der Waals surface area contributed by atoms with Crippen LogP contribution in [0.3, 0.4) is 0 Å². The summed E-state index contributed by atoms with van der Waals surface area (Å²) in [6, 6.07) is 27.4. The summed E-state index contributed by atoms with van der Waals surface area (Å²) in [7, 11) is 1.63. The van der Waals surface area contributed by atoms with Crippen molar-refractivity contribution in [2.45, 2.75) is 18.6 Å². The van der Waals surface area contributed by atoms with Gasteiger partial charge in [-0.05, 0) is 47.5 Å². The van der Waals surface area contributed by atoms with Crippen molar-refractivity contribution < 1.29 is 23.5 Å². The van der Waals surface area contributed by atoms with Gasteiger partial charge in [-0.3, -0.25) is 14.5 Å². The molecule has 0 fully saturated rings. The van der Waals surface area contributed by atoms with E-state index in [-0.39, 0.29) is 30.9 Å². The third-order valence-electron chi connectivity index (χ3n) is 7.25. The zero-order valence-corrected chi connectivity index (χ0v) is 22.3. The molecule has 3 aromatic carbocycles. The maximum atomic E-state index is 14.2. The molecule has 2 aliphatic heterocycles. The molecule has 4 aromatic rings. The minimum Gasteiger partial charge on any atom is -0.467 e. The number of hydrogen-bond donors (Lipinski definition) is 2. The van der Waals surface area contributed by atoms with Gasteiger partial charge in [0.25, 0.3) is 5.91 Å². The number of para-hydroxylation sites is 1. The number of rotatable bonds is 8. The first-order chi connectivity index (χ1) is 20.0. The van der Waals surface area contributed by atoms with E-state index in [1.165, 1.54) is 16.1 Å². The Morgan fingerprint density at radius 2 is 1.71 bits per heavy atom. The number of hydrogen-bond acceptors (Lipinski definition) is 5. The zero-order chi connectivity index (χ0) is 28.3. The summed E-state index contributed by atoms with van der Waals surface area (Å²) < 4.78 is 11.4. The van der Waals surface area contributed by atoms with E-state index in [1.807, 2.05) is 84.9 Å². The van der Waals surface area contributed by atoms with E-state index in [1.54, 1.807) is 19.2 Å². The van der Waals surface area contributed by atoms with E-state index < -0.39 is 12.1 Å². The van der Waals surface area contributed by atoms with E-state index in [9.17, 15) is 14.4 Å². The molecule has 2 N–H and O–H groups in total. The van der Waals surface area contributed by atoms with Crippen LogP contribution in [0.2, 0.25) is 0 Å². The molecule has 9 heteroatoms. The molecule has 9 nitrogen and oxygen atoms in total. The second-order valence-electron chi connectivity index (χ2n) is 9.83. The molecule has 3 heterocycles. The van der Waals surface area contributed by atoms with Crippen LogP contribution in [0.5, 0.6) is 11.5 Å². The second kappa shape index (κ2) is 11.1. The third-order valence-corrected chi connectivity index (χ3v) is 7.25. The number of nitrogens with one attached hydrogen (secondary N) is 2. The van der Waals surface area contributed by atoms with Gasteiger partial charge in [-0.2, -0.15) is 0 Å². The van der Waals surface area contributed by atoms with Crippen LogP contribution in [0.25, 0.3) is 0 Å². The molecule has 4 amide bonds. The first-order valence-electron chi connectivity index (χ1n) is 13.3. The van der Waals surface area contributed by atoms with Crippen molar-refractivity contribution in [3.8, 4) is 11.5 Å². The molecule has 41 heavy (non-hydrogen) atoms. The van der Waals surface area contributed by atoms with Crippen LogP contribution in [0.4, 0.5) is 4.79 Å². The van der Waals surface area contributed by atoms with E-state index >= 15 is 0 Å². The lowest BCUT2D eigenvalue weighted by molar-refractivity contribution is -0.136. The van der Waals surface area contributed by atoms with Crippen LogP contribution in [0.15, 0.2) is 119 Å². The SMILES string of the molecule is CN1C(=O)N[C@H](c2cccc(Oc3ccccc3)c2)C2=C1CN([C@@H](C(=O)NCc1ccco1)c1ccccc1)C2=O. The fourth-order valence-electron chi connectivity index (χ4n) is 5.22. The van der Waals surface area contributed by atoms with Gasteiger partial charge in [-0.25, -0.2) is 4.79 Å². The van der Waals surface area contributed by atoms with Crippen molar-refractivity contribution >= 4 is 17.8 Å². The Labute approximate surface area is 237 Å². The first-order valence-corrected chi connectivity index (χ1v) is 13.3. The van der Waals surface area contributed by atoms with Crippen molar-refractivity contribution in [1.82, 2.24) is 20.4 Å². The Kier molecular flexibility index (Phi) is 6.99. The molecule has 206 valence electrons. The number of amides is 4. The summed E-state index contributed by atoms with van der Waals surface area (Å²) >= 11 is 0. The number of benzene rings is 3. The normalized spacial score (nSPS) is 17.2. The van der Waals surface area contributed by atoms with E-state index in [4.69, 9.17) is 9.15 Å². The fraction of sp³-hybridized carbons (Fsp3) is 0.156. The summed E-state index contributed by atoms with van der Waals surface area (Å²) in [4.78, 5) is 43.8. The predicted molar refractivity (Wildman–Crippen MR) is 150 cm³/mol. The lowest BCUT2D eigenvalue weighted by Crippen LogP contribution is -2.45.